The molecule has 0 aliphatic heterocycles. The Hall–Kier alpha value is -1.98. The van der Waals surface area contributed by atoms with Gasteiger partial charge in [0.1, 0.15) is 17.2 Å². The second-order valence-corrected chi connectivity index (χ2v) is 3.49. The number of hydrogen-bond acceptors (Lipinski definition) is 2. The van der Waals surface area contributed by atoms with Crippen molar-refractivity contribution in [3.63, 3.8) is 0 Å². The van der Waals surface area contributed by atoms with E-state index in [0.29, 0.717) is 0 Å². The van der Waals surface area contributed by atoms with Gasteiger partial charge in [-0.1, -0.05) is 0 Å². The Bertz CT molecular complexity index is 434. The maximum Gasteiger partial charge on any atom is 0.341 e. The molecule has 1 aromatic rings. The number of rotatable bonds is 5. The van der Waals surface area contributed by atoms with Crippen LogP contribution in [0.25, 0.3) is 0 Å². The molecule has 0 atom stereocenters. The van der Waals surface area contributed by atoms with Gasteiger partial charge in [-0.05, 0) is 30.5 Å². The molecule has 0 radical (unpaired) electrons. The quantitative estimate of drug-likeness (QED) is 0.831. The summed E-state index contributed by atoms with van der Waals surface area (Å²) < 4.78 is 26.4. The third kappa shape index (κ3) is 3.51. The molecule has 0 unspecified atom stereocenters. The van der Waals surface area contributed by atoms with E-state index in [1.54, 1.807) is 0 Å². The fraction of sp³-hybridized carbons (Fsp3) is 0.273. The van der Waals surface area contributed by atoms with Crippen LogP contribution in [0, 0.1) is 11.6 Å². The van der Waals surface area contributed by atoms with Gasteiger partial charge < -0.3 is 10.2 Å². The number of carboxylic acids is 2. The van der Waals surface area contributed by atoms with Crippen LogP contribution in [0.3, 0.4) is 0 Å². The summed E-state index contributed by atoms with van der Waals surface area (Å²) in [6, 6.07) is 1.82. The first-order valence-corrected chi connectivity index (χ1v) is 4.85. The second kappa shape index (κ2) is 5.38. The van der Waals surface area contributed by atoms with Gasteiger partial charge in [-0.25, -0.2) is 13.6 Å². The Labute approximate surface area is 95.5 Å². The summed E-state index contributed by atoms with van der Waals surface area (Å²) in [5.74, 6) is -4.96. The second-order valence-electron chi connectivity index (χ2n) is 3.49. The van der Waals surface area contributed by atoms with Gasteiger partial charge in [0.2, 0.25) is 0 Å². The molecule has 4 nitrogen and oxygen atoms in total. The molecular formula is C11H10F2O4. The molecule has 2 N–H and O–H groups in total. The minimum absolute atomic E-state index is 0.107. The first kappa shape index (κ1) is 13.1. The highest BCUT2D eigenvalue weighted by atomic mass is 19.1. The smallest absolute Gasteiger partial charge is 0.341 e. The Morgan fingerprint density at radius 2 is 1.65 bits per heavy atom. The maximum absolute atomic E-state index is 13.2. The highest BCUT2D eigenvalue weighted by molar-refractivity contribution is 5.88. The molecule has 17 heavy (non-hydrogen) atoms. The lowest BCUT2D eigenvalue weighted by Crippen LogP contribution is -2.06. The van der Waals surface area contributed by atoms with E-state index in [1.165, 1.54) is 0 Å². The molecule has 0 saturated heterocycles. The summed E-state index contributed by atoms with van der Waals surface area (Å²) in [6.07, 6.45) is 0.310. The van der Waals surface area contributed by atoms with Crippen LogP contribution in [0.15, 0.2) is 12.1 Å². The van der Waals surface area contributed by atoms with E-state index >= 15 is 0 Å². The van der Waals surface area contributed by atoms with Crippen LogP contribution in [0.5, 0.6) is 0 Å². The van der Waals surface area contributed by atoms with Gasteiger partial charge in [-0.2, -0.15) is 0 Å². The monoisotopic (exact) mass is 244 g/mol. The van der Waals surface area contributed by atoms with Crippen LogP contribution in [0.2, 0.25) is 0 Å². The number of halogens is 2. The first-order valence-electron chi connectivity index (χ1n) is 4.85. The van der Waals surface area contributed by atoms with E-state index < -0.39 is 29.1 Å². The number of hydrogen-bond donors (Lipinski definition) is 2. The van der Waals surface area contributed by atoms with Crippen molar-refractivity contribution >= 4 is 11.9 Å². The van der Waals surface area contributed by atoms with E-state index in [-0.39, 0.29) is 24.8 Å². The predicted octanol–water partition coefficient (Wildman–Crippen LogP) is 2.07. The van der Waals surface area contributed by atoms with E-state index in [4.69, 9.17) is 10.2 Å². The van der Waals surface area contributed by atoms with Crippen LogP contribution in [-0.2, 0) is 11.2 Å². The van der Waals surface area contributed by atoms with Gasteiger partial charge in [0.15, 0.2) is 0 Å². The minimum atomic E-state index is -1.67. The number of aromatic carboxylic acids is 1. The van der Waals surface area contributed by atoms with Crippen LogP contribution >= 0.6 is 0 Å². The largest absolute Gasteiger partial charge is 0.481 e. The summed E-state index contributed by atoms with van der Waals surface area (Å²) >= 11 is 0. The molecule has 1 aromatic carbocycles. The Morgan fingerprint density at radius 3 is 2.06 bits per heavy atom. The van der Waals surface area contributed by atoms with Gasteiger partial charge >= 0.3 is 11.9 Å². The normalized spacial score (nSPS) is 10.2. The molecule has 0 aromatic heterocycles. The molecule has 0 fully saturated rings. The zero-order chi connectivity index (χ0) is 13.0. The van der Waals surface area contributed by atoms with Gasteiger partial charge in [-0.3, -0.25) is 4.79 Å². The van der Waals surface area contributed by atoms with Crippen molar-refractivity contribution in [1.82, 2.24) is 0 Å². The maximum atomic E-state index is 13.2. The molecule has 6 heteroatoms. The fourth-order valence-electron chi connectivity index (χ4n) is 1.42. The van der Waals surface area contributed by atoms with Gasteiger partial charge in [0, 0.05) is 6.42 Å². The van der Waals surface area contributed by atoms with E-state index in [0.717, 1.165) is 12.1 Å². The molecule has 92 valence electrons. The van der Waals surface area contributed by atoms with Gasteiger partial charge in [0.25, 0.3) is 0 Å². The molecule has 0 heterocycles. The molecule has 0 bridgehead atoms. The van der Waals surface area contributed by atoms with Crippen molar-refractivity contribution in [3.8, 4) is 0 Å². The molecule has 0 amide bonds. The highest BCUT2D eigenvalue weighted by Gasteiger charge is 2.17. The molecule has 1 rings (SSSR count). The number of benzene rings is 1. The molecule has 0 saturated carbocycles. The van der Waals surface area contributed by atoms with Gasteiger partial charge in [0.05, 0.1) is 0 Å². The van der Waals surface area contributed by atoms with E-state index in [9.17, 15) is 18.4 Å². The van der Waals surface area contributed by atoms with Crippen LogP contribution in [-0.4, -0.2) is 22.2 Å². The molecule has 0 spiro atoms. The topological polar surface area (TPSA) is 74.6 Å². The van der Waals surface area contributed by atoms with Crippen molar-refractivity contribution < 1.29 is 28.6 Å². The summed E-state index contributed by atoms with van der Waals surface area (Å²) in [4.78, 5) is 20.7. The van der Waals surface area contributed by atoms with Crippen molar-refractivity contribution in [2.24, 2.45) is 0 Å². The average Bonchev–Trinajstić information content (AvgIpc) is 2.14. The third-order valence-electron chi connectivity index (χ3n) is 2.17. The highest BCUT2D eigenvalue weighted by Crippen LogP contribution is 2.17. The van der Waals surface area contributed by atoms with E-state index in [1.807, 2.05) is 0 Å². The van der Waals surface area contributed by atoms with Crippen LogP contribution in [0.4, 0.5) is 8.78 Å². The van der Waals surface area contributed by atoms with Crippen molar-refractivity contribution in [2.45, 2.75) is 19.3 Å². The molecule has 0 aliphatic carbocycles. The minimum Gasteiger partial charge on any atom is -0.481 e. The lowest BCUT2D eigenvalue weighted by atomic mass is 10.0. The fourth-order valence-corrected chi connectivity index (χ4v) is 1.42. The summed E-state index contributed by atoms with van der Waals surface area (Å²) in [7, 11) is 0. The lowest BCUT2D eigenvalue weighted by Gasteiger charge is -2.04. The SMILES string of the molecule is O=C(O)CCCc1cc(F)c(C(=O)O)c(F)c1. The van der Waals surface area contributed by atoms with Crippen molar-refractivity contribution in [1.29, 1.82) is 0 Å². The third-order valence-corrected chi connectivity index (χ3v) is 2.17. The summed E-state index contributed by atoms with van der Waals surface area (Å²) in [5.41, 5.74) is -0.752. The number of aliphatic carboxylic acids is 1. The Morgan fingerprint density at radius 1 is 1.12 bits per heavy atom. The summed E-state index contributed by atoms with van der Waals surface area (Å²) in [5, 5.41) is 16.9. The first-order chi connectivity index (χ1) is 7.91. The van der Waals surface area contributed by atoms with Crippen molar-refractivity contribution in [3.05, 3.63) is 34.9 Å². The average molecular weight is 244 g/mol. The molecular weight excluding hydrogens is 234 g/mol. The number of carboxylic acid groups (broad SMARTS) is 2. The lowest BCUT2D eigenvalue weighted by molar-refractivity contribution is -0.137. The predicted molar refractivity (Wildman–Crippen MR) is 53.9 cm³/mol. The van der Waals surface area contributed by atoms with Crippen LogP contribution in [0.1, 0.15) is 28.8 Å². The van der Waals surface area contributed by atoms with Gasteiger partial charge in [-0.15, -0.1) is 0 Å². The van der Waals surface area contributed by atoms with Crippen molar-refractivity contribution in [2.75, 3.05) is 0 Å². The number of carbonyl (C=O) groups is 2. The molecule has 0 aliphatic rings. The van der Waals surface area contributed by atoms with Crippen LogP contribution < -0.4 is 0 Å². The summed E-state index contributed by atoms with van der Waals surface area (Å²) in [6.45, 7) is 0. The number of aryl methyl sites for hydroxylation is 1. The Balaban J connectivity index is 2.83. The zero-order valence-corrected chi connectivity index (χ0v) is 8.74. The standard InChI is InChI=1S/C11H10F2O4/c12-7-4-6(2-1-3-9(14)15)5-8(13)10(7)11(16)17/h4-5H,1-3H2,(H,14,15)(H,16,17). The van der Waals surface area contributed by atoms with E-state index in [2.05, 4.69) is 0 Å². The zero-order valence-electron chi connectivity index (χ0n) is 8.74. The Kier molecular flexibility index (Phi) is 4.14.